The van der Waals surface area contributed by atoms with Crippen LogP contribution in [0.15, 0.2) is 30.3 Å². The Labute approximate surface area is 139 Å². The number of Topliss-reactive ketones (excluding diaryl/α,β-unsaturated/α-hetero) is 1. The Balaban J connectivity index is 2.61. The van der Waals surface area contributed by atoms with Gasteiger partial charge in [0.1, 0.15) is 11.7 Å². The molecule has 0 aliphatic heterocycles. The van der Waals surface area contributed by atoms with Gasteiger partial charge in [0, 0.05) is 23.6 Å². The Bertz CT molecular complexity index is 811. The van der Waals surface area contributed by atoms with Crippen LogP contribution in [0.2, 0.25) is 0 Å². The van der Waals surface area contributed by atoms with Gasteiger partial charge in [0.15, 0.2) is 11.2 Å². The van der Waals surface area contributed by atoms with E-state index in [-0.39, 0.29) is 5.71 Å². The Morgan fingerprint density at radius 2 is 1.79 bits per heavy atom. The monoisotopic (exact) mass is 318 g/mol. The molecule has 0 amide bonds. The minimum Gasteiger partial charge on any atom is -0.307 e. The molecule has 1 aromatic carbocycles. The summed E-state index contributed by atoms with van der Waals surface area (Å²) in [6, 6.07) is 13.7. The lowest BCUT2D eigenvalue weighted by Gasteiger charge is -2.31. The van der Waals surface area contributed by atoms with E-state index in [9.17, 15) is 25.4 Å². The maximum absolute atomic E-state index is 12.6. The molecule has 6 heteroatoms. The Kier molecular flexibility index (Phi) is 4.31. The van der Waals surface area contributed by atoms with E-state index >= 15 is 0 Å². The number of ketones is 1. The number of hydrogen-bond acceptors (Lipinski definition) is 6. The molecule has 1 aromatic rings. The topological polar surface area (TPSA) is 129 Å². The number of hydrogen-bond donors (Lipinski definition) is 1. The summed E-state index contributed by atoms with van der Waals surface area (Å²) in [6.07, 6.45) is -0.00927. The summed E-state index contributed by atoms with van der Waals surface area (Å²) in [4.78, 5) is 23.9. The zero-order valence-corrected chi connectivity index (χ0v) is 13.0. The van der Waals surface area contributed by atoms with E-state index in [4.69, 9.17) is 5.41 Å². The molecule has 118 valence electrons. The first-order chi connectivity index (χ1) is 11.4. The number of aldehydes is 1. The molecule has 0 bridgehead atoms. The quantitative estimate of drug-likeness (QED) is 0.672. The minimum absolute atomic E-state index is 0.326. The van der Waals surface area contributed by atoms with Crippen molar-refractivity contribution >= 4 is 17.8 Å². The smallest absolute Gasteiger partial charge is 0.171 e. The summed E-state index contributed by atoms with van der Waals surface area (Å²) < 4.78 is 0. The molecule has 0 saturated heterocycles. The fourth-order valence-electron chi connectivity index (χ4n) is 3.40. The first-order valence-electron chi connectivity index (χ1n) is 7.30. The lowest BCUT2D eigenvalue weighted by atomic mass is 9.62. The molecule has 0 heterocycles. The van der Waals surface area contributed by atoms with E-state index < -0.39 is 34.9 Å². The van der Waals surface area contributed by atoms with Crippen molar-refractivity contribution in [1.29, 1.82) is 21.2 Å². The van der Waals surface area contributed by atoms with Gasteiger partial charge >= 0.3 is 0 Å². The normalized spacial score (nSPS) is 27.5. The van der Waals surface area contributed by atoms with Crippen LogP contribution in [0.25, 0.3) is 0 Å². The molecule has 0 unspecified atom stereocenters. The molecular weight excluding hydrogens is 304 g/mol. The fraction of sp³-hybridized carbons (Fsp3) is 0.333. The van der Waals surface area contributed by atoms with E-state index in [0.29, 0.717) is 11.8 Å². The molecule has 2 rings (SSSR count). The van der Waals surface area contributed by atoms with Gasteiger partial charge in [0.05, 0.1) is 24.1 Å². The molecule has 1 fully saturated rings. The van der Waals surface area contributed by atoms with Gasteiger partial charge < -0.3 is 10.2 Å². The molecule has 0 spiro atoms. The van der Waals surface area contributed by atoms with Crippen molar-refractivity contribution in [2.24, 2.45) is 22.7 Å². The van der Waals surface area contributed by atoms with Crippen molar-refractivity contribution < 1.29 is 9.59 Å². The van der Waals surface area contributed by atoms with Crippen LogP contribution < -0.4 is 0 Å². The molecule has 0 radical (unpaired) electrons. The number of carbonyl (C=O) groups excluding carboxylic acids is 2. The Morgan fingerprint density at radius 1 is 1.21 bits per heavy atom. The predicted molar refractivity (Wildman–Crippen MR) is 83.5 cm³/mol. The Hall–Kier alpha value is -3.30. The van der Waals surface area contributed by atoms with Gasteiger partial charge in [-0.1, -0.05) is 37.3 Å². The van der Waals surface area contributed by atoms with Crippen molar-refractivity contribution in [3.8, 4) is 18.2 Å². The average Bonchev–Trinajstić information content (AvgIpc) is 2.79. The second-order valence-electron chi connectivity index (χ2n) is 5.88. The third-order valence-corrected chi connectivity index (χ3v) is 4.90. The van der Waals surface area contributed by atoms with Crippen molar-refractivity contribution in [3.05, 3.63) is 35.9 Å². The van der Waals surface area contributed by atoms with Crippen LogP contribution in [-0.4, -0.2) is 17.8 Å². The maximum atomic E-state index is 12.6. The fourth-order valence-corrected chi connectivity index (χ4v) is 3.40. The highest BCUT2D eigenvalue weighted by molar-refractivity contribution is 6.09. The highest BCUT2D eigenvalue weighted by Gasteiger charge is 2.68. The first-order valence-corrected chi connectivity index (χ1v) is 7.30. The van der Waals surface area contributed by atoms with Gasteiger partial charge in [0.25, 0.3) is 0 Å². The third-order valence-electron chi connectivity index (χ3n) is 4.90. The summed E-state index contributed by atoms with van der Waals surface area (Å²) in [5.41, 5.74) is -3.87. The lowest BCUT2D eigenvalue weighted by Crippen LogP contribution is -2.43. The molecule has 1 aliphatic carbocycles. The van der Waals surface area contributed by atoms with Gasteiger partial charge in [0.2, 0.25) is 0 Å². The van der Waals surface area contributed by atoms with Crippen LogP contribution in [0.1, 0.15) is 23.7 Å². The van der Waals surface area contributed by atoms with E-state index in [2.05, 4.69) is 0 Å². The Morgan fingerprint density at radius 3 is 2.25 bits per heavy atom. The van der Waals surface area contributed by atoms with Crippen LogP contribution in [0.5, 0.6) is 0 Å². The summed E-state index contributed by atoms with van der Waals surface area (Å²) in [6.45, 7) is 1.49. The maximum Gasteiger partial charge on any atom is 0.171 e. The predicted octanol–water partition coefficient (Wildman–Crippen LogP) is 2.29. The minimum atomic E-state index is -1.94. The van der Waals surface area contributed by atoms with Gasteiger partial charge in [-0.2, -0.15) is 15.8 Å². The molecule has 1 aliphatic rings. The molecule has 3 atom stereocenters. The van der Waals surface area contributed by atoms with Crippen molar-refractivity contribution in [2.75, 3.05) is 0 Å². The molecule has 0 aromatic heterocycles. The summed E-state index contributed by atoms with van der Waals surface area (Å²) >= 11 is 0. The van der Waals surface area contributed by atoms with Crippen molar-refractivity contribution in [3.63, 3.8) is 0 Å². The second kappa shape index (κ2) is 6.07. The van der Waals surface area contributed by atoms with Crippen molar-refractivity contribution in [1.82, 2.24) is 0 Å². The highest BCUT2D eigenvalue weighted by Crippen LogP contribution is 2.57. The number of nitrogens with one attached hydrogen (secondary N) is 1. The van der Waals surface area contributed by atoms with Gasteiger partial charge in [-0.3, -0.25) is 4.79 Å². The first kappa shape index (κ1) is 17.1. The lowest BCUT2D eigenvalue weighted by molar-refractivity contribution is -0.110. The average molecular weight is 318 g/mol. The van der Waals surface area contributed by atoms with Crippen molar-refractivity contribution in [2.45, 2.75) is 13.3 Å². The van der Waals surface area contributed by atoms with Gasteiger partial charge in [-0.05, 0) is 0 Å². The summed E-state index contributed by atoms with van der Waals surface area (Å²) in [5.74, 6) is -2.33. The molecule has 1 saturated carbocycles. The zero-order chi connectivity index (χ0) is 18.0. The number of nitrogens with zero attached hydrogens (tertiary/aromatic N) is 3. The second-order valence-corrected chi connectivity index (χ2v) is 5.88. The van der Waals surface area contributed by atoms with E-state index in [1.165, 1.54) is 6.92 Å². The van der Waals surface area contributed by atoms with E-state index in [0.717, 1.165) is 0 Å². The summed E-state index contributed by atoms with van der Waals surface area (Å²) in [7, 11) is 0. The summed E-state index contributed by atoms with van der Waals surface area (Å²) in [5, 5.41) is 37.2. The van der Waals surface area contributed by atoms with Gasteiger partial charge in [-0.15, -0.1) is 0 Å². The zero-order valence-electron chi connectivity index (χ0n) is 13.0. The molecular formula is C18H14N4O2. The van der Waals surface area contributed by atoms with Crippen LogP contribution in [0, 0.1) is 62.1 Å². The number of rotatable bonds is 4. The number of benzene rings is 1. The highest BCUT2D eigenvalue weighted by atomic mass is 16.1. The standard InChI is InChI=1S/C18H14N4O2/c1-12-14(8-23)16(22)17(9-19,18(12,10-20)11-21)7-15(24)13-5-3-2-4-6-13/h2-6,8,12,14,22H,7H2,1H3/t12-,14-,17-/m0/s1. The van der Waals surface area contributed by atoms with E-state index in [1.807, 2.05) is 18.2 Å². The largest absolute Gasteiger partial charge is 0.307 e. The van der Waals surface area contributed by atoms with Gasteiger partial charge in [-0.25, -0.2) is 0 Å². The van der Waals surface area contributed by atoms with E-state index in [1.54, 1.807) is 30.3 Å². The third kappa shape index (κ3) is 2.03. The van der Waals surface area contributed by atoms with Crippen LogP contribution >= 0.6 is 0 Å². The number of nitriles is 3. The van der Waals surface area contributed by atoms with Crippen LogP contribution in [0.4, 0.5) is 0 Å². The number of carbonyl (C=O) groups is 2. The molecule has 6 nitrogen and oxygen atoms in total. The molecule has 24 heavy (non-hydrogen) atoms. The van der Waals surface area contributed by atoms with Crippen LogP contribution in [0.3, 0.4) is 0 Å². The molecule has 1 N–H and O–H groups in total. The SMILES string of the molecule is C[C@H]1[C@H](C=O)C(=N)[C@@](C#N)(CC(=O)c2ccccc2)C1(C#N)C#N. The van der Waals surface area contributed by atoms with Crippen LogP contribution in [-0.2, 0) is 4.79 Å².